The van der Waals surface area contributed by atoms with Gasteiger partial charge in [0.05, 0.1) is 0 Å². The van der Waals surface area contributed by atoms with Crippen molar-refractivity contribution in [1.82, 2.24) is 9.97 Å². The minimum atomic E-state index is 0.868. The van der Waals surface area contributed by atoms with E-state index in [1.165, 1.54) is 12.0 Å². The molecule has 0 aliphatic carbocycles. The van der Waals surface area contributed by atoms with Crippen LogP contribution in [0.5, 0.6) is 0 Å². The molecule has 0 atom stereocenters. The summed E-state index contributed by atoms with van der Waals surface area (Å²) in [6.07, 6.45) is 6.85. The van der Waals surface area contributed by atoms with Gasteiger partial charge in [-0.05, 0) is 18.4 Å². The van der Waals surface area contributed by atoms with Crippen LogP contribution in [0.2, 0.25) is 0 Å². The van der Waals surface area contributed by atoms with Gasteiger partial charge in [0.2, 0.25) is 0 Å². The minimum Gasteiger partial charge on any atom is -0.368 e. The fraction of sp³-hybridized carbons (Fsp3) is 0.375. The molecule has 19 heavy (non-hydrogen) atoms. The number of hydrogen-bond donors (Lipinski definition) is 1. The fourth-order valence-electron chi connectivity index (χ4n) is 2.04. The van der Waals surface area contributed by atoms with E-state index in [4.69, 9.17) is 0 Å². The van der Waals surface area contributed by atoms with Crippen molar-refractivity contribution < 1.29 is 0 Å². The number of rotatable bonds is 6. The Bertz CT molecular complexity index is 506. The van der Waals surface area contributed by atoms with Crippen molar-refractivity contribution in [1.29, 1.82) is 0 Å². The van der Waals surface area contributed by atoms with Gasteiger partial charge >= 0.3 is 0 Å². The van der Waals surface area contributed by atoms with Gasteiger partial charge in [0.25, 0.3) is 0 Å². The first kappa shape index (κ1) is 13.5. The molecule has 1 heterocycles. The second kappa shape index (κ2) is 6.88. The van der Waals surface area contributed by atoms with Gasteiger partial charge in [-0.25, -0.2) is 4.98 Å². The molecule has 3 nitrogen and oxygen atoms in total. The molecule has 0 aliphatic rings. The topological polar surface area (TPSA) is 37.8 Å². The van der Waals surface area contributed by atoms with E-state index in [-0.39, 0.29) is 0 Å². The second-order valence-electron chi connectivity index (χ2n) is 4.63. The van der Waals surface area contributed by atoms with Crippen molar-refractivity contribution in [2.24, 2.45) is 0 Å². The van der Waals surface area contributed by atoms with E-state index in [1.807, 2.05) is 0 Å². The average molecular weight is 255 g/mol. The highest BCUT2D eigenvalue weighted by Crippen LogP contribution is 2.23. The van der Waals surface area contributed by atoms with Crippen molar-refractivity contribution >= 4 is 5.82 Å². The van der Waals surface area contributed by atoms with E-state index in [0.717, 1.165) is 36.5 Å². The van der Waals surface area contributed by atoms with Crippen LogP contribution in [0.15, 0.2) is 36.7 Å². The summed E-state index contributed by atoms with van der Waals surface area (Å²) in [6.45, 7) is 5.26. The lowest BCUT2D eigenvalue weighted by molar-refractivity contribution is 0.922. The molecule has 3 heteroatoms. The molecule has 2 rings (SSSR count). The lowest BCUT2D eigenvalue weighted by Crippen LogP contribution is -2.04. The third kappa shape index (κ3) is 3.53. The van der Waals surface area contributed by atoms with Gasteiger partial charge in [0, 0.05) is 24.5 Å². The Morgan fingerprint density at radius 2 is 1.68 bits per heavy atom. The fourth-order valence-corrected chi connectivity index (χ4v) is 2.04. The van der Waals surface area contributed by atoms with Crippen LogP contribution in [0, 0.1) is 0 Å². The molecule has 2 aromatic rings. The van der Waals surface area contributed by atoms with Crippen LogP contribution in [0.4, 0.5) is 5.82 Å². The molecule has 0 radical (unpaired) electrons. The Kier molecular flexibility index (Phi) is 4.90. The van der Waals surface area contributed by atoms with Crippen LogP contribution >= 0.6 is 0 Å². The van der Waals surface area contributed by atoms with Gasteiger partial charge < -0.3 is 5.32 Å². The van der Waals surface area contributed by atoms with Gasteiger partial charge in [-0.2, -0.15) is 0 Å². The summed E-state index contributed by atoms with van der Waals surface area (Å²) in [6, 6.07) is 8.62. The van der Waals surface area contributed by atoms with E-state index < -0.39 is 0 Å². The van der Waals surface area contributed by atoms with Crippen molar-refractivity contribution in [3.63, 3.8) is 0 Å². The van der Waals surface area contributed by atoms with Crippen molar-refractivity contribution in [2.45, 2.75) is 33.1 Å². The number of aromatic nitrogens is 2. The zero-order valence-electron chi connectivity index (χ0n) is 11.7. The van der Waals surface area contributed by atoms with E-state index >= 15 is 0 Å². The Morgan fingerprint density at radius 3 is 2.37 bits per heavy atom. The van der Waals surface area contributed by atoms with Crippen LogP contribution < -0.4 is 5.32 Å². The molecule has 0 fully saturated rings. The quantitative estimate of drug-likeness (QED) is 0.850. The van der Waals surface area contributed by atoms with Gasteiger partial charge in [0.15, 0.2) is 5.82 Å². The van der Waals surface area contributed by atoms with Gasteiger partial charge in [-0.1, -0.05) is 44.5 Å². The van der Waals surface area contributed by atoms with Crippen LogP contribution in [0.1, 0.15) is 32.3 Å². The number of nitrogens with zero attached hydrogens (tertiary/aromatic N) is 2. The van der Waals surface area contributed by atoms with Crippen LogP contribution in [0.25, 0.3) is 11.3 Å². The minimum absolute atomic E-state index is 0.868. The summed E-state index contributed by atoms with van der Waals surface area (Å²) >= 11 is 0. The summed E-state index contributed by atoms with van der Waals surface area (Å²) in [7, 11) is 0. The molecule has 0 aliphatic heterocycles. The maximum Gasteiger partial charge on any atom is 0.152 e. The average Bonchev–Trinajstić information content (AvgIpc) is 2.47. The number of benzene rings is 1. The third-order valence-electron chi connectivity index (χ3n) is 3.01. The second-order valence-corrected chi connectivity index (χ2v) is 4.63. The lowest BCUT2D eigenvalue weighted by atomic mass is 10.1. The van der Waals surface area contributed by atoms with Crippen molar-refractivity contribution in [3.8, 4) is 11.3 Å². The zero-order chi connectivity index (χ0) is 13.5. The molecule has 0 unspecified atom stereocenters. The highest BCUT2D eigenvalue weighted by molar-refractivity contribution is 5.71. The van der Waals surface area contributed by atoms with E-state index in [1.54, 1.807) is 12.4 Å². The lowest BCUT2D eigenvalue weighted by Gasteiger charge is -2.09. The Morgan fingerprint density at radius 1 is 0.947 bits per heavy atom. The van der Waals surface area contributed by atoms with Crippen LogP contribution in [-0.2, 0) is 6.42 Å². The molecule has 0 saturated heterocycles. The molecule has 0 spiro atoms. The predicted molar refractivity (Wildman–Crippen MR) is 80.2 cm³/mol. The van der Waals surface area contributed by atoms with Crippen LogP contribution in [0.3, 0.4) is 0 Å². The van der Waals surface area contributed by atoms with Crippen molar-refractivity contribution in [3.05, 3.63) is 42.2 Å². The van der Waals surface area contributed by atoms with Crippen LogP contribution in [-0.4, -0.2) is 16.5 Å². The summed E-state index contributed by atoms with van der Waals surface area (Å²) in [5.41, 5.74) is 3.42. The molecule has 100 valence electrons. The van der Waals surface area contributed by atoms with Crippen molar-refractivity contribution in [2.75, 3.05) is 11.9 Å². The summed E-state index contributed by atoms with van der Waals surface area (Å²) < 4.78 is 0. The number of aryl methyl sites for hydroxylation is 1. The molecule has 0 amide bonds. The summed E-state index contributed by atoms with van der Waals surface area (Å²) in [4.78, 5) is 8.83. The first-order valence-electron chi connectivity index (χ1n) is 6.99. The zero-order valence-corrected chi connectivity index (χ0v) is 11.7. The summed E-state index contributed by atoms with van der Waals surface area (Å²) in [5.74, 6) is 0.868. The standard InChI is InChI=1S/C16H21N3/c1-3-5-13-6-8-14(9-7-13)15-16(18-10-4-2)19-12-11-17-15/h6-9,11-12H,3-5,10H2,1-2H3,(H,18,19). The smallest absolute Gasteiger partial charge is 0.152 e. The number of nitrogens with one attached hydrogen (secondary N) is 1. The third-order valence-corrected chi connectivity index (χ3v) is 3.01. The Labute approximate surface area is 115 Å². The highest BCUT2D eigenvalue weighted by atomic mass is 15.0. The Balaban J connectivity index is 2.25. The molecule has 1 aromatic carbocycles. The molecule has 1 aromatic heterocycles. The largest absolute Gasteiger partial charge is 0.368 e. The maximum atomic E-state index is 4.45. The SMILES string of the molecule is CCCNc1nccnc1-c1ccc(CCC)cc1. The van der Waals surface area contributed by atoms with Gasteiger partial charge in [-0.3, -0.25) is 4.98 Å². The van der Waals surface area contributed by atoms with E-state index in [9.17, 15) is 0 Å². The van der Waals surface area contributed by atoms with E-state index in [2.05, 4.69) is 53.4 Å². The number of hydrogen-bond acceptors (Lipinski definition) is 3. The molecule has 1 N–H and O–H groups in total. The predicted octanol–water partition coefficient (Wildman–Crippen LogP) is 3.92. The maximum absolute atomic E-state index is 4.45. The summed E-state index contributed by atoms with van der Waals surface area (Å²) in [5, 5.41) is 3.33. The molecular weight excluding hydrogens is 234 g/mol. The normalized spacial score (nSPS) is 10.4. The van der Waals surface area contributed by atoms with Gasteiger partial charge in [0.1, 0.15) is 5.69 Å². The monoisotopic (exact) mass is 255 g/mol. The molecule has 0 saturated carbocycles. The highest BCUT2D eigenvalue weighted by Gasteiger charge is 2.06. The number of anilines is 1. The molecular formula is C16H21N3. The first-order valence-corrected chi connectivity index (χ1v) is 6.99. The first-order chi connectivity index (χ1) is 9.35. The van der Waals surface area contributed by atoms with E-state index in [0.29, 0.717) is 0 Å². The molecule has 0 bridgehead atoms. The Hall–Kier alpha value is -1.90. The van der Waals surface area contributed by atoms with Gasteiger partial charge in [-0.15, -0.1) is 0 Å².